The molecule has 0 aromatic heterocycles. The van der Waals surface area contributed by atoms with Crippen molar-refractivity contribution in [2.45, 2.75) is 126 Å². The van der Waals surface area contributed by atoms with Crippen molar-refractivity contribution >= 4 is 40.6 Å². The molecular weight excluding hydrogens is 1190 g/mol. The first kappa shape index (κ1) is 80.6. The number of benzene rings is 3. The summed E-state index contributed by atoms with van der Waals surface area (Å²) in [7, 11) is 0. The molecule has 7 rings (SSSR count). The zero-order valence-electron chi connectivity index (χ0n) is 50.0. The average Bonchev–Trinajstić information content (AvgIpc) is 3.92. The van der Waals surface area contributed by atoms with Crippen molar-refractivity contribution < 1.29 is 95.7 Å². The number of allylic oxidation sites excluding steroid dienone is 1. The summed E-state index contributed by atoms with van der Waals surface area (Å²) in [6.45, 7) is 32.4. The zero-order valence-corrected chi connectivity index (χ0v) is 54.4. The molecule has 2 unspecified atom stereocenters. The number of hydrogen-bond acceptors (Lipinski definition) is 17. The summed E-state index contributed by atoms with van der Waals surface area (Å²) in [6, 6.07) is 22.9. The summed E-state index contributed by atoms with van der Waals surface area (Å²) in [4.78, 5) is 51.4. The Bertz CT molecular complexity index is 2270. The third kappa shape index (κ3) is 29.5. The third-order valence-corrected chi connectivity index (χ3v) is 14.6. The summed E-state index contributed by atoms with van der Waals surface area (Å²) in [5.41, 5.74) is 1.13. The Morgan fingerprint density at radius 1 is 0.679 bits per heavy atom. The fourth-order valence-electron chi connectivity index (χ4n) is 9.15. The topological polar surface area (TPSA) is 167 Å². The average molecular weight is 1290 g/mol. The molecule has 4 fully saturated rings. The summed E-state index contributed by atoms with van der Waals surface area (Å²) in [5.74, 6) is 9.01. The van der Waals surface area contributed by atoms with Crippen LogP contribution < -0.4 is 14.2 Å². The van der Waals surface area contributed by atoms with Gasteiger partial charge in [0.15, 0.2) is 17.3 Å². The van der Waals surface area contributed by atoms with Crippen LogP contribution in [0, 0.1) is 11.8 Å². The molecule has 1 radical (unpaired) electrons. The third-order valence-electron chi connectivity index (χ3n) is 14.1. The molecule has 0 bridgehead atoms. The van der Waals surface area contributed by atoms with Crippen molar-refractivity contribution in [3.8, 4) is 29.1 Å². The van der Waals surface area contributed by atoms with Gasteiger partial charge >= 0.3 is 0 Å². The largest absolute Gasteiger partial charge is 0.494 e. The number of rotatable bonds is 25. The molecule has 17 nitrogen and oxygen atoms in total. The number of Topliss-reactive ketones (excluding diaryl/α,β-unsaturated/α-hetero) is 3. The summed E-state index contributed by atoms with van der Waals surface area (Å²) < 4.78 is 33.1. The second-order valence-corrected chi connectivity index (χ2v) is 21.2. The van der Waals surface area contributed by atoms with Crippen molar-refractivity contribution in [3.05, 3.63) is 102 Å². The van der Waals surface area contributed by atoms with Gasteiger partial charge in [-0.15, -0.1) is 35.7 Å². The number of likely N-dealkylation sites (tertiary alicyclic amines) is 1. The summed E-state index contributed by atoms with van der Waals surface area (Å²) in [6.07, 6.45) is 7.05. The van der Waals surface area contributed by atoms with Crippen LogP contribution in [0.1, 0.15) is 133 Å². The quantitative estimate of drug-likeness (QED) is 0.0162. The second-order valence-electron chi connectivity index (χ2n) is 20.5. The van der Waals surface area contributed by atoms with Crippen molar-refractivity contribution in [2.75, 3.05) is 130 Å². The maximum Gasteiger partial charge on any atom is 0.182 e. The normalized spacial score (nSPS) is 16.7. The Balaban J connectivity index is 0.00000112. The Morgan fingerprint density at radius 3 is 1.42 bits per heavy atom. The van der Waals surface area contributed by atoms with E-state index in [9.17, 15) is 14.4 Å². The van der Waals surface area contributed by atoms with E-state index in [0.29, 0.717) is 76.2 Å². The molecule has 0 saturated carbocycles. The first-order chi connectivity index (χ1) is 39.1. The van der Waals surface area contributed by atoms with Gasteiger partial charge in [-0.25, -0.2) is 5.26 Å². The molecule has 4 aliphatic heterocycles. The zero-order chi connectivity index (χ0) is 59.3. The van der Waals surface area contributed by atoms with E-state index in [2.05, 4.69) is 59.9 Å². The van der Waals surface area contributed by atoms with Crippen LogP contribution >= 0.6 is 23.2 Å². The van der Waals surface area contributed by atoms with E-state index in [-0.39, 0.29) is 77.6 Å². The van der Waals surface area contributed by atoms with Gasteiger partial charge in [-0.05, 0) is 177 Å². The maximum absolute atomic E-state index is 13.0. The molecule has 4 heterocycles. The number of hydrogen-bond donors (Lipinski definition) is 1. The molecule has 4 saturated heterocycles. The van der Waals surface area contributed by atoms with Gasteiger partial charge in [0.2, 0.25) is 0 Å². The second kappa shape index (κ2) is 46.7. The summed E-state index contributed by atoms with van der Waals surface area (Å²) >= 11 is 11.2. The van der Waals surface area contributed by atoms with Crippen LogP contribution in [0.2, 0.25) is 0 Å². The molecule has 0 amide bonds. The molecular formula is C64H100Cl2N4O13Y. The van der Waals surface area contributed by atoms with E-state index < -0.39 is 11.1 Å². The SMILES string of the molecule is C.C.C=CC.CC#CCOOOO.CC(C(=O)c1ccc(OCCCCl)cc1)N1CCOCC1.CC(C)(C(=O)c1ccc(OCCCCl)cc1)N1CCOCC1.CC1CCCN1CCCOc1ccc(C(=O)C(C)(C)N2CCOCC2)cc1.[Y]. The number of morpholine rings is 3. The number of nitrogens with zero attached hydrogens (tertiary/aromatic N) is 4. The van der Waals surface area contributed by atoms with Gasteiger partial charge in [0, 0.05) is 113 Å². The molecule has 471 valence electrons. The van der Waals surface area contributed by atoms with Crippen LogP contribution in [0.3, 0.4) is 0 Å². The number of ether oxygens (including phenoxy) is 6. The molecule has 0 aliphatic carbocycles. The van der Waals surface area contributed by atoms with Crippen LogP contribution in [0.5, 0.6) is 17.2 Å². The minimum atomic E-state index is -0.523. The predicted octanol–water partition coefficient (Wildman–Crippen LogP) is 11.6. The van der Waals surface area contributed by atoms with Gasteiger partial charge < -0.3 is 33.3 Å². The van der Waals surface area contributed by atoms with Crippen LogP contribution in [-0.4, -0.2) is 196 Å². The molecule has 1 N–H and O–H groups in total. The van der Waals surface area contributed by atoms with E-state index in [4.69, 9.17) is 56.9 Å². The maximum atomic E-state index is 13.0. The molecule has 84 heavy (non-hydrogen) atoms. The van der Waals surface area contributed by atoms with E-state index >= 15 is 0 Å². The molecule has 20 heteroatoms. The molecule has 2 atom stereocenters. The summed E-state index contributed by atoms with van der Waals surface area (Å²) in [5, 5.41) is 14.2. The van der Waals surface area contributed by atoms with Crippen molar-refractivity contribution in [2.24, 2.45) is 0 Å². The van der Waals surface area contributed by atoms with E-state index in [1.165, 1.54) is 19.4 Å². The Labute approximate surface area is 539 Å². The number of carbonyl (C=O) groups is 3. The number of ketones is 3. The van der Waals surface area contributed by atoms with Gasteiger partial charge in [-0.1, -0.05) is 26.8 Å². The standard InChI is InChI=1S/C22H34N2O3.C17H24ClNO3.C16H22ClNO3.C4H6O4.C3H6.2CH4.Y/c1-18-6-4-11-23(18)12-5-15-27-20-9-7-19(8-10-20)21(25)22(2,3)24-13-16-26-17-14-24;1-17(2,19-9-12-21-13-10-19)16(20)14-4-6-15(7-5-14)22-11-3-8-18;1-13(18-8-11-20-12-9-18)16(19)14-3-5-15(6-4-14)21-10-2-7-17;1-2-3-4-6-8-7-5;1-3-2;;;/h7-10,18H,4-6,11-17H2,1-3H3;4-7H,3,8-13H2,1-2H3;3-6,13H,2,7-12H2,1H3;5H,4H2,1H3;3H,1H2,2H3;2*1H4;. The number of alkyl halides is 2. The van der Waals surface area contributed by atoms with E-state index in [1.54, 1.807) is 13.0 Å². The van der Waals surface area contributed by atoms with Crippen molar-refractivity contribution in [1.29, 1.82) is 0 Å². The van der Waals surface area contributed by atoms with Crippen molar-refractivity contribution in [3.63, 3.8) is 0 Å². The first-order valence-electron chi connectivity index (χ1n) is 28.3. The molecule has 4 aliphatic rings. The van der Waals surface area contributed by atoms with E-state index in [0.717, 1.165) is 100 Å². The Hall–Kier alpha value is -3.39. The minimum Gasteiger partial charge on any atom is -0.494 e. The Morgan fingerprint density at radius 2 is 1.06 bits per heavy atom. The minimum absolute atomic E-state index is 0. The smallest absolute Gasteiger partial charge is 0.182 e. The first-order valence-corrected chi connectivity index (χ1v) is 29.4. The van der Waals surface area contributed by atoms with Gasteiger partial charge in [0.25, 0.3) is 0 Å². The number of halogens is 2. The number of carbonyl (C=O) groups excluding carboxylic acids is 3. The predicted molar refractivity (Wildman–Crippen MR) is 333 cm³/mol. The van der Waals surface area contributed by atoms with Gasteiger partial charge in [0.05, 0.1) is 76.6 Å². The Kier molecular flexibility index (Phi) is 44.8. The fourth-order valence-corrected chi connectivity index (χ4v) is 9.37. The van der Waals surface area contributed by atoms with Gasteiger partial charge in [-0.2, -0.15) is 4.89 Å². The van der Waals surface area contributed by atoms with Gasteiger partial charge in [0.1, 0.15) is 23.9 Å². The molecule has 3 aromatic carbocycles. The fraction of sp³-hybridized carbons (Fsp3) is 0.609. The van der Waals surface area contributed by atoms with Crippen LogP contribution in [0.15, 0.2) is 85.5 Å². The van der Waals surface area contributed by atoms with Crippen LogP contribution in [0.4, 0.5) is 0 Å². The van der Waals surface area contributed by atoms with Crippen molar-refractivity contribution in [1.82, 2.24) is 19.6 Å². The monoisotopic (exact) mass is 1290 g/mol. The molecule has 3 aromatic rings. The molecule has 0 spiro atoms. The van der Waals surface area contributed by atoms with E-state index in [1.807, 2.05) is 114 Å². The van der Waals surface area contributed by atoms with Crippen LogP contribution in [-0.2, 0) is 61.9 Å². The van der Waals surface area contributed by atoms with Gasteiger partial charge in [-0.3, -0.25) is 29.1 Å². The van der Waals surface area contributed by atoms with Crippen LogP contribution in [0.25, 0.3) is 0 Å².